The van der Waals surface area contributed by atoms with E-state index in [1.807, 2.05) is 6.07 Å². The minimum absolute atomic E-state index is 0.0359. The Labute approximate surface area is 131 Å². The predicted octanol–water partition coefficient (Wildman–Crippen LogP) is 3.33. The quantitative estimate of drug-likeness (QED) is 0.724. The number of rotatable bonds is 5. The van der Waals surface area contributed by atoms with Crippen LogP contribution in [0.3, 0.4) is 0 Å². The average Bonchev–Trinajstić information content (AvgIpc) is 3.08. The van der Waals surface area contributed by atoms with Crippen LogP contribution in [0.5, 0.6) is 5.88 Å². The first-order valence-electron chi connectivity index (χ1n) is 6.91. The summed E-state index contributed by atoms with van der Waals surface area (Å²) < 4.78 is 32.7. The first-order chi connectivity index (χ1) is 11.2. The van der Waals surface area contributed by atoms with Crippen molar-refractivity contribution in [1.29, 1.82) is 0 Å². The number of halogens is 2. The van der Waals surface area contributed by atoms with E-state index in [9.17, 15) is 8.78 Å². The molecule has 0 saturated heterocycles. The molecule has 0 fully saturated rings. The number of hydrogen-bond donors (Lipinski definition) is 0. The van der Waals surface area contributed by atoms with Gasteiger partial charge in [-0.2, -0.15) is 5.10 Å². The monoisotopic (exact) mass is 316 g/mol. The maximum Gasteiger partial charge on any atom is 0.263 e. The van der Waals surface area contributed by atoms with E-state index in [1.165, 1.54) is 25.6 Å². The number of alkyl halides is 2. The molecule has 3 rings (SSSR count). The van der Waals surface area contributed by atoms with Gasteiger partial charge in [0, 0.05) is 17.3 Å². The third-order valence-electron chi connectivity index (χ3n) is 3.36. The van der Waals surface area contributed by atoms with Crippen LogP contribution in [0.4, 0.5) is 8.78 Å². The van der Waals surface area contributed by atoms with Crippen molar-refractivity contribution in [2.45, 2.75) is 13.0 Å². The van der Waals surface area contributed by atoms with E-state index >= 15 is 0 Å². The summed E-state index contributed by atoms with van der Waals surface area (Å²) in [6.07, 6.45) is 2.19. The fourth-order valence-electron chi connectivity index (χ4n) is 2.29. The molecule has 0 atom stereocenters. The number of aromatic nitrogens is 4. The van der Waals surface area contributed by atoms with Crippen molar-refractivity contribution in [2.24, 2.45) is 0 Å². The van der Waals surface area contributed by atoms with Crippen LogP contribution in [0, 0.1) is 0 Å². The van der Waals surface area contributed by atoms with Gasteiger partial charge in [0.15, 0.2) is 0 Å². The molecule has 1 aromatic carbocycles. The Balaban J connectivity index is 2.00. The van der Waals surface area contributed by atoms with Crippen LogP contribution in [-0.2, 0) is 6.54 Å². The molecule has 0 aliphatic heterocycles. The van der Waals surface area contributed by atoms with Gasteiger partial charge in [-0.3, -0.25) is 0 Å². The second kappa shape index (κ2) is 6.51. The van der Waals surface area contributed by atoms with Crippen LogP contribution in [0.1, 0.15) is 17.6 Å². The maximum atomic E-state index is 12.9. The summed E-state index contributed by atoms with van der Waals surface area (Å²) in [7, 11) is 1.50. The molecule has 0 unspecified atom stereocenters. The first-order valence-corrected chi connectivity index (χ1v) is 6.91. The van der Waals surface area contributed by atoms with Gasteiger partial charge >= 0.3 is 0 Å². The zero-order chi connectivity index (χ0) is 16.2. The Morgan fingerprint density at radius 2 is 2.13 bits per heavy atom. The minimum Gasteiger partial charge on any atom is -0.481 e. The average molecular weight is 316 g/mol. The van der Waals surface area contributed by atoms with Gasteiger partial charge in [-0.1, -0.05) is 18.2 Å². The van der Waals surface area contributed by atoms with E-state index in [0.29, 0.717) is 23.6 Å². The normalized spacial score (nSPS) is 11.0. The van der Waals surface area contributed by atoms with Gasteiger partial charge in [-0.05, 0) is 23.3 Å². The zero-order valence-electron chi connectivity index (χ0n) is 12.4. The standard InChI is InChI=1S/C16H14F2N4O/c1-23-16-14(12-3-2-4-13(6-12)15(17)18)5-11(7-20-16)8-22-10-19-9-21-22/h2-7,9-10,15H,8H2,1H3. The van der Waals surface area contributed by atoms with E-state index in [-0.39, 0.29) is 5.56 Å². The molecule has 0 saturated carbocycles. The Hall–Kier alpha value is -2.83. The van der Waals surface area contributed by atoms with Crippen LogP contribution < -0.4 is 4.74 Å². The van der Waals surface area contributed by atoms with Crippen molar-refractivity contribution in [3.8, 4) is 17.0 Å². The first kappa shape index (κ1) is 15.1. The molecule has 2 heterocycles. The zero-order valence-corrected chi connectivity index (χ0v) is 12.4. The van der Waals surface area contributed by atoms with E-state index in [1.54, 1.807) is 29.3 Å². The smallest absolute Gasteiger partial charge is 0.263 e. The summed E-state index contributed by atoms with van der Waals surface area (Å²) in [6, 6.07) is 8.06. The summed E-state index contributed by atoms with van der Waals surface area (Å²) in [5, 5.41) is 4.04. The topological polar surface area (TPSA) is 52.8 Å². The molecular weight excluding hydrogens is 302 g/mol. The second-order valence-corrected chi connectivity index (χ2v) is 4.92. The Kier molecular flexibility index (Phi) is 4.27. The van der Waals surface area contributed by atoms with Gasteiger partial charge in [0.05, 0.1) is 13.7 Å². The third-order valence-corrected chi connectivity index (χ3v) is 3.36. The number of ether oxygens (including phenoxy) is 1. The van der Waals surface area contributed by atoms with Crippen molar-refractivity contribution in [3.63, 3.8) is 0 Å². The van der Waals surface area contributed by atoms with Gasteiger partial charge in [0.25, 0.3) is 6.43 Å². The fraction of sp³-hybridized carbons (Fsp3) is 0.188. The van der Waals surface area contributed by atoms with Gasteiger partial charge in [0.2, 0.25) is 5.88 Å². The summed E-state index contributed by atoms with van der Waals surface area (Å²) >= 11 is 0. The van der Waals surface area contributed by atoms with Crippen LogP contribution >= 0.6 is 0 Å². The molecule has 0 N–H and O–H groups in total. The highest BCUT2D eigenvalue weighted by Gasteiger charge is 2.13. The lowest BCUT2D eigenvalue weighted by Crippen LogP contribution is -2.02. The van der Waals surface area contributed by atoms with E-state index in [4.69, 9.17) is 4.74 Å². The SMILES string of the molecule is COc1ncc(Cn2cncn2)cc1-c1cccc(C(F)F)c1. The second-order valence-electron chi connectivity index (χ2n) is 4.92. The van der Waals surface area contributed by atoms with Gasteiger partial charge in [-0.25, -0.2) is 23.4 Å². The summed E-state index contributed by atoms with van der Waals surface area (Å²) in [5.41, 5.74) is 2.13. The molecule has 23 heavy (non-hydrogen) atoms. The summed E-state index contributed by atoms with van der Waals surface area (Å²) in [5.74, 6) is 0.388. The van der Waals surface area contributed by atoms with Crippen molar-refractivity contribution >= 4 is 0 Å². The number of nitrogens with zero attached hydrogens (tertiary/aromatic N) is 4. The highest BCUT2D eigenvalue weighted by Crippen LogP contribution is 2.31. The largest absolute Gasteiger partial charge is 0.481 e. The van der Waals surface area contributed by atoms with E-state index in [2.05, 4.69) is 15.1 Å². The molecule has 0 amide bonds. The van der Waals surface area contributed by atoms with Crippen molar-refractivity contribution in [2.75, 3.05) is 7.11 Å². The molecule has 0 spiro atoms. The summed E-state index contributed by atoms with van der Waals surface area (Å²) in [4.78, 5) is 8.14. The molecule has 0 radical (unpaired) electrons. The van der Waals surface area contributed by atoms with Crippen molar-refractivity contribution in [1.82, 2.24) is 19.7 Å². The van der Waals surface area contributed by atoms with Crippen molar-refractivity contribution < 1.29 is 13.5 Å². The highest BCUT2D eigenvalue weighted by atomic mass is 19.3. The summed E-state index contributed by atoms with van der Waals surface area (Å²) in [6.45, 7) is 0.485. The van der Waals surface area contributed by atoms with E-state index < -0.39 is 6.43 Å². The lowest BCUT2D eigenvalue weighted by Gasteiger charge is -2.11. The van der Waals surface area contributed by atoms with Gasteiger partial charge in [0.1, 0.15) is 12.7 Å². The van der Waals surface area contributed by atoms with Crippen LogP contribution in [0.2, 0.25) is 0 Å². The third kappa shape index (κ3) is 3.33. The minimum atomic E-state index is -2.52. The molecular formula is C16H14F2N4O. The predicted molar refractivity (Wildman–Crippen MR) is 80.3 cm³/mol. The Bertz CT molecular complexity index is 791. The van der Waals surface area contributed by atoms with Gasteiger partial charge in [-0.15, -0.1) is 0 Å². The Morgan fingerprint density at radius 1 is 1.26 bits per heavy atom. The van der Waals surface area contributed by atoms with Crippen LogP contribution in [0.25, 0.3) is 11.1 Å². The van der Waals surface area contributed by atoms with Crippen LogP contribution in [-0.4, -0.2) is 26.9 Å². The van der Waals surface area contributed by atoms with Crippen molar-refractivity contribution in [3.05, 3.63) is 60.3 Å². The Morgan fingerprint density at radius 3 is 2.83 bits per heavy atom. The fourth-order valence-corrected chi connectivity index (χ4v) is 2.29. The number of pyridine rings is 1. The molecule has 118 valence electrons. The highest BCUT2D eigenvalue weighted by molar-refractivity contribution is 5.69. The molecule has 0 bridgehead atoms. The number of hydrogen-bond acceptors (Lipinski definition) is 4. The van der Waals surface area contributed by atoms with Gasteiger partial charge < -0.3 is 4.74 Å². The number of benzene rings is 1. The molecule has 5 nitrogen and oxygen atoms in total. The maximum absolute atomic E-state index is 12.9. The molecule has 0 aliphatic carbocycles. The molecule has 0 aliphatic rings. The molecule has 2 aromatic heterocycles. The van der Waals surface area contributed by atoms with Crippen LogP contribution in [0.15, 0.2) is 49.2 Å². The lowest BCUT2D eigenvalue weighted by atomic mass is 10.0. The number of methoxy groups -OCH3 is 1. The molecule has 3 aromatic rings. The van der Waals surface area contributed by atoms with E-state index in [0.717, 1.165) is 5.56 Å². The lowest BCUT2D eigenvalue weighted by molar-refractivity contribution is 0.151. The molecule has 7 heteroatoms.